The molecule has 19 heavy (non-hydrogen) atoms. The summed E-state index contributed by atoms with van der Waals surface area (Å²) in [5, 5.41) is 5.02. The molecule has 2 atom stereocenters. The molecule has 3 aliphatic heterocycles. The molecule has 5 heteroatoms. The largest absolute Gasteiger partial charge is 0.344 e. The van der Waals surface area contributed by atoms with Crippen molar-refractivity contribution in [3.8, 4) is 0 Å². The molecule has 3 saturated heterocycles. The molecule has 2 bridgehead atoms. The summed E-state index contributed by atoms with van der Waals surface area (Å²) in [5.41, 5.74) is 1.21. The van der Waals surface area contributed by atoms with Gasteiger partial charge in [-0.2, -0.15) is 5.06 Å². The molecule has 3 heterocycles. The van der Waals surface area contributed by atoms with Gasteiger partial charge in [0.05, 0.1) is 11.6 Å². The van der Waals surface area contributed by atoms with E-state index in [0.29, 0.717) is 6.61 Å². The quantitative estimate of drug-likeness (QED) is 0.823. The number of piperidine rings is 1. The summed E-state index contributed by atoms with van der Waals surface area (Å²) in [6.45, 7) is 3.09. The average Bonchev–Trinajstić information content (AvgIpc) is 3.17. The lowest BCUT2D eigenvalue weighted by atomic mass is 9.93. The molecule has 1 unspecified atom stereocenters. The predicted octanol–water partition coefficient (Wildman–Crippen LogP) is 0.970. The predicted molar refractivity (Wildman–Crippen MR) is 69.2 cm³/mol. The van der Waals surface area contributed by atoms with Crippen molar-refractivity contribution in [2.75, 3.05) is 19.6 Å². The Morgan fingerprint density at radius 2 is 2.16 bits per heavy atom. The summed E-state index contributed by atoms with van der Waals surface area (Å²) < 4.78 is 0. The minimum absolute atomic E-state index is 0.0199. The van der Waals surface area contributed by atoms with E-state index in [9.17, 15) is 4.79 Å². The number of hydroxylamine groups is 2. The van der Waals surface area contributed by atoms with Gasteiger partial charge in [-0.25, -0.2) is 4.79 Å². The van der Waals surface area contributed by atoms with E-state index in [1.807, 2.05) is 35.2 Å². The fourth-order valence-corrected chi connectivity index (χ4v) is 3.11. The van der Waals surface area contributed by atoms with Gasteiger partial charge in [0.1, 0.15) is 6.61 Å². The van der Waals surface area contributed by atoms with Crippen LogP contribution in [-0.4, -0.2) is 47.2 Å². The van der Waals surface area contributed by atoms with Gasteiger partial charge in [0.2, 0.25) is 0 Å². The summed E-state index contributed by atoms with van der Waals surface area (Å²) in [6.07, 6.45) is 1.04. The monoisotopic (exact) mass is 259 g/mol. The lowest BCUT2D eigenvalue weighted by Gasteiger charge is -2.29. The van der Waals surface area contributed by atoms with Crippen LogP contribution in [0, 0.1) is 0 Å². The minimum atomic E-state index is 0.0199. The topological polar surface area (TPSA) is 54.7 Å². The Bertz CT molecular complexity index is 501. The molecule has 1 aromatic rings. The number of benzene rings is 1. The average molecular weight is 259 g/mol. The standard InChI is InChI=1S/C14H17N3O2/c18-13-16-7-6-14(10-15-14)12(8-16)17(13)19-9-11-4-2-1-3-5-11/h1-5,12,15H,6-10H2/t12-,14?/m0/s1. The molecule has 5 nitrogen and oxygen atoms in total. The van der Waals surface area contributed by atoms with Crippen molar-refractivity contribution in [1.82, 2.24) is 15.3 Å². The van der Waals surface area contributed by atoms with E-state index in [0.717, 1.165) is 31.6 Å². The third kappa shape index (κ3) is 1.73. The van der Waals surface area contributed by atoms with Crippen molar-refractivity contribution in [3.63, 3.8) is 0 Å². The molecular formula is C14H17N3O2. The van der Waals surface area contributed by atoms with Crippen LogP contribution in [0.3, 0.4) is 0 Å². The van der Waals surface area contributed by atoms with Gasteiger partial charge in [-0.3, -0.25) is 4.84 Å². The molecule has 1 spiro atoms. The van der Waals surface area contributed by atoms with Gasteiger partial charge in [0.15, 0.2) is 0 Å². The first-order valence-corrected chi connectivity index (χ1v) is 6.79. The van der Waals surface area contributed by atoms with Gasteiger partial charge in [-0.15, -0.1) is 0 Å². The Morgan fingerprint density at radius 3 is 2.89 bits per heavy atom. The molecule has 1 N–H and O–H groups in total. The molecule has 0 aromatic heterocycles. The Hall–Kier alpha value is -1.59. The van der Waals surface area contributed by atoms with Crippen LogP contribution in [0.15, 0.2) is 30.3 Å². The summed E-state index contributed by atoms with van der Waals surface area (Å²) in [5.74, 6) is 0. The highest BCUT2D eigenvalue weighted by Gasteiger charge is 2.60. The van der Waals surface area contributed by atoms with Crippen LogP contribution in [0.25, 0.3) is 0 Å². The SMILES string of the molecule is O=C1N2CCC3(CN3)[C@H](C2)N1OCc1ccccc1. The summed E-state index contributed by atoms with van der Waals surface area (Å²) in [6, 6.07) is 10.2. The highest BCUT2D eigenvalue weighted by atomic mass is 16.7. The second-order valence-corrected chi connectivity index (χ2v) is 5.59. The zero-order valence-electron chi connectivity index (χ0n) is 10.7. The van der Waals surface area contributed by atoms with E-state index in [1.165, 1.54) is 0 Å². The summed E-state index contributed by atoms with van der Waals surface area (Å²) >= 11 is 0. The first kappa shape index (κ1) is 11.3. The molecule has 0 saturated carbocycles. The Kier molecular flexibility index (Phi) is 2.34. The van der Waals surface area contributed by atoms with Gasteiger partial charge in [-0.05, 0) is 12.0 Å². The Balaban J connectivity index is 1.49. The van der Waals surface area contributed by atoms with E-state index >= 15 is 0 Å². The number of nitrogens with one attached hydrogen (secondary N) is 1. The number of fused-ring (bicyclic) bond motifs is 3. The van der Waals surface area contributed by atoms with Crippen LogP contribution >= 0.6 is 0 Å². The second kappa shape index (κ2) is 3.95. The van der Waals surface area contributed by atoms with Gasteiger partial charge in [-0.1, -0.05) is 30.3 Å². The van der Waals surface area contributed by atoms with Crippen LogP contribution in [0.5, 0.6) is 0 Å². The van der Waals surface area contributed by atoms with Gasteiger partial charge >= 0.3 is 6.03 Å². The number of hydrogen-bond donors (Lipinski definition) is 1. The molecule has 0 aliphatic carbocycles. The molecule has 3 fully saturated rings. The van der Waals surface area contributed by atoms with Crippen molar-refractivity contribution in [2.24, 2.45) is 0 Å². The highest BCUT2D eigenvalue weighted by Crippen LogP contribution is 2.39. The fourth-order valence-electron chi connectivity index (χ4n) is 3.11. The van der Waals surface area contributed by atoms with E-state index in [-0.39, 0.29) is 17.6 Å². The zero-order chi connectivity index (χ0) is 12.9. The zero-order valence-corrected chi connectivity index (χ0v) is 10.7. The van der Waals surface area contributed by atoms with Crippen LogP contribution in [0.1, 0.15) is 12.0 Å². The molecule has 1 aromatic carbocycles. The van der Waals surface area contributed by atoms with E-state index in [4.69, 9.17) is 4.84 Å². The van der Waals surface area contributed by atoms with E-state index in [1.54, 1.807) is 5.06 Å². The van der Waals surface area contributed by atoms with Crippen LogP contribution in [0.2, 0.25) is 0 Å². The van der Waals surface area contributed by atoms with E-state index in [2.05, 4.69) is 5.32 Å². The maximum Gasteiger partial charge on any atom is 0.344 e. The summed E-state index contributed by atoms with van der Waals surface area (Å²) in [4.78, 5) is 19.9. The number of amides is 2. The number of carbonyl (C=O) groups is 1. The summed E-state index contributed by atoms with van der Waals surface area (Å²) in [7, 11) is 0. The first-order chi connectivity index (χ1) is 9.28. The number of nitrogens with zero attached hydrogens (tertiary/aromatic N) is 2. The van der Waals surface area contributed by atoms with Gasteiger partial charge in [0.25, 0.3) is 0 Å². The van der Waals surface area contributed by atoms with Crippen molar-refractivity contribution >= 4 is 6.03 Å². The van der Waals surface area contributed by atoms with Crippen molar-refractivity contribution in [2.45, 2.75) is 24.6 Å². The highest BCUT2D eigenvalue weighted by molar-refractivity contribution is 5.77. The van der Waals surface area contributed by atoms with E-state index < -0.39 is 0 Å². The molecule has 4 rings (SSSR count). The molecule has 2 amide bonds. The third-order valence-electron chi connectivity index (χ3n) is 4.45. The first-order valence-electron chi connectivity index (χ1n) is 6.79. The lowest BCUT2D eigenvalue weighted by Crippen LogP contribution is -2.48. The smallest absolute Gasteiger partial charge is 0.321 e. The Morgan fingerprint density at radius 1 is 1.37 bits per heavy atom. The number of carbonyl (C=O) groups excluding carboxylic acids is 1. The maximum atomic E-state index is 12.2. The van der Waals surface area contributed by atoms with Gasteiger partial charge < -0.3 is 10.2 Å². The second-order valence-electron chi connectivity index (χ2n) is 5.59. The van der Waals surface area contributed by atoms with Crippen LogP contribution < -0.4 is 5.32 Å². The van der Waals surface area contributed by atoms with Crippen LogP contribution in [0.4, 0.5) is 4.79 Å². The van der Waals surface area contributed by atoms with Crippen molar-refractivity contribution < 1.29 is 9.63 Å². The molecule has 100 valence electrons. The number of urea groups is 1. The number of hydrogen-bond acceptors (Lipinski definition) is 3. The fraction of sp³-hybridized carbons (Fsp3) is 0.500. The molecular weight excluding hydrogens is 242 g/mol. The Labute approximate surface area is 112 Å². The van der Waals surface area contributed by atoms with Crippen molar-refractivity contribution in [3.05, 3.63) is 35.9 Å². The normalized spacial score (nSPS) is 32.2. The minimum Gasteiger partial charge on any atom is -0.321 e. The van der Waals surface area contributed by atoms with Crippen LogP contribution in [-0.2, 0) is 11.4 Å². The maximum absolute atomic E-state index is 12.2. The van der Waals surface area contributed by atoms with Gasteiger partial charge in [0, 0.05) is 19.6 Å². The lowest BCUT2D eigenvalue weighted by molar-refractivity contribution is -0.145. The third-order valence-corrected chi connectivity index (χ3v) is 4.45. The molecule has 0 radical (unpaired) electrons. The van der Waals surface area contributed by atoms with Crippen molar-refractivity contribution in [1.29, 1.82) is 0 Å². The number of rotatable bonds is 3. The molecule has 3 aliphatic rings.